The minimum atomic E-state index is -0.219. The number of nitrogens with two attached hydrogens (primary N) is 1. The number of hydrogen-bond donors (Lipinski definition) is 1. The van der Waals surface area contributed by atoms with Gasteiger partial charge in [0.25, 0.3) is 0 Å². The van der Waals surface area contributed by atoms with Gasteiger partial charge >= 0.3 is 0 Å². The molecular weight excluding hydrogens is 198 g/mol. The molecule has 0 aromatic carbocycles. The molecule has 0 aliphatic heterocycles. The van der Waals surface area contributed by atoms with Gasteiger partial charge in [0, 0.05) is 17.4 Å². The predicted molar refractivity (Wildman–Crippen MR) is 68.1 cm³/mol. The molecule has 1 saturated carbocycles. The fourth-order valence-corrected chi connectivity index (χ4v) is 3.27. The fraction of sp³-hybridized carbons (Fsp3) is 0.929. The maximum atomic E-state index is 12.2. The molecule has 0 amide bonds. The van der Waals surface area contributed by atoms with Gasteiger partial charge in [-0.25, -0.2) is 0 Å². The summed E-state index contributed by atoms with van der Waals surface area (Å²) < 4.78 is 0. The number of carbonyl (C=O) groups is 1. The second-order valence-corrected chi connectivity index (χ2v) is 6.10. The van der Waals surface area contributed by atoms with Gasteiger partial charge in [-0.3, -0.25) is 4.79 Å². The summed E-state index contributed by atoms with van der Waals surface area (Å²) in [7, 11) is 0. The Bertz CT molecular complexity index is 282. The predicted octanol–water partition coefficient (Wildman–Crippen LogP) is 3.00. The van der Waals surface area contributed by atoms with E-state index >= 15 is 0 Å². The summed E-state index contributed by atoms with van der Waals surface area (Å²) in [6.07, 6.45) is 1.99. The first-order valence-corrected chi connectivity index (χ1v) is 6.56. The van der Waals surface area contributed by atoms with E-state index in [-0.39, 0.29) is 22.8 Å². The first-order valence-electron chi connectivity index (χ1n) is 6.56. The minimum absolute atomic E-state index is 0.0118. The van der Waals surface area contributed by atoms with Gasteiger partial charge in [0.15, 0.2) is 0 Å². The lowest BCUT2D eigenvalue weighted by Crippen LogP contribution is -2.46. The Labute approximate surface area is 100.0 Å². The average molecular weight is 225 g/mol. The molecule has 0 saturated heterocycles. The van der Waals surface area contributed by atoms with Crippen LogP contribution in [0.2, 0.25) is 0 Å². The lowest BCUT2D eigenvalue weighted by Gasteiger charge is -2.33. The largest absolute Gasteiger partial charge is 0.325 e. The van der Waals surface area contributed by atoms with Crippen LogP contribution in [0.3, 0.4) is 0 Å². The third kappa shape index (κ3) is 1.71. The molecule has 1 fully saturated rings. The number of rotatable bonds is 5. The Morgan fingerprint density at radius 3 is 2.25 bits per heavy atom. The molecule has 1 aliphatic rings. The van der Waals surface area contributed by atoms with Crippen LogP contribution in [-0.4, -0.2) is 11.3 Å². The summed E-state index contributed by atoms with van der Waals surface area (Å²) in [6.45, 7) is 12.6. The topological polar surface area (TPSA) is 43.1 Å². The zero-order chi connectivity index (χ0) is 12.7. The van der Waals surface area contributed by atoms with Gasteiger partial charge in [-0.05, 0) is 24.7 Å². The van der Waals surface area contributed by atoms with Crippen molar-refractivity contribution in [2.75, 3.05) is 0 Å². The highest BCUT2D eigenvalue weighted by atomic mass is 16.1. The molecule has 4 unspecified atom stereocenters. The quantitative estimate of drug-likeness (QED) is 0.781. The van der Waals surface area contributed by atoms with E-state index in [1.165, 1.54) is 0 Å². The molecule has 0 aromatic heterocycles. The van der Waals surface area contributed by atoms with Gasteiger partial charge in [0.05, 0.1) is 0 Å². The van der Waals surface area contributed by atoms with Crippen LogP contribution in [0.15, 0.2) is 0 Å². The van der Waals surface area contributed by atoms with Gasteiger partial charge in [-0.15, -0.1) is 0 Å². The number of hydrogen-bond acceptors (Lipinski definition) is 2. The smallest absolute Gasteiger partial charge is 0.139 e. The van der Waals surface area contributed by atoms with Crippen LogP contribution in [0, 0.1) is 23.2 Å². The van der Waals surface area contributed by atoms with Crippen molar-refractivity contribution in [3.05, 3.63) is 0 Å². The van der Waals surface area contributed by atoms with Crippen LogP contribution in [0.1, 0.15) is 54.4 Å². The van der Waals surface area contributed by atoms with E-state index in [0.29, 0.717) is 11.7 Å². The molecule has 2 N–H and O–H groups in total. The van der Waals surface area contributed by atoms with Crippen LogP contribution >= 0.6 is 0 Å². The zero-order valence-electron chi connectivity index (χ0n) is 11.6. The van der Waals surface area contributed by atoms with Crippen molar-refractivity contribution < 1.29 is 4.79 Å². The summed E-state index contributed by atoms with van der Waals surface area (Å²) in [5.41, 5.74) is 6.19. The first-order chi connectivity index (χ1) is 7.24. The van der Waals surface area contributed by atoms with E-state index in [1.807, 2.05) is 13.8 Å². The Balaban J connectivity index is 2.95. The van der Waals surface area contributed by atoms with E-state index in [0.717, 1.165) is 12.8 Å². The normalized spacial score (nSPS) is 37.2. The average Bonchev–Trinajstić information content (AvgIpc) is 2.84. The van der Waals surface area contributed by atoms with Gasteiger partial charge in [-0.1, -0.05) is 41.0 Å². The molecule has 0 aromatic rings. The molecule has 1 rings (SSSR count). The Morgan fingerprint density at radius 1 is 1.44 bits per heavy atom. The summed E-state index contributed by atoms with van der Waals surface area (Å²) in [4.78, 5) is 12.2. The van der Waals surface area contributed by atoms with Crippen molar-refractivity contribution in [1.82, 2.24) is 0 Å². The summed E-state index contributed by atoms with van der Waals surface area (Å²) in [6, 6.07) is 0. The van der Waals surface area contributed by atoms with Gasteiger partial charge in [0.2, 0.25) is 0 Å². The third-order valence-electron chi connectivity index (χ3n) is 4.99. The van der Waals surface area contributed by atoms with Crippen molar-refractivity contribution in [1.29, 1.82) is 0 Å². The molecular formula is C14H27NO. The second kappa shape index (κ2) is 4.14. The van der Waals surface area contributed by atoms with Crippen molar-refractivity contribution in [2.24, 2.45) is 28.9 Å². The molecule has 0 heterocycles. The highest BCUT2D eigenvalue weighted by Gasteiger charge is 2.69. The van der Waals surface area contributed by atoms with Crippen molar-refractivity contribution in [3.63, 3.8) is 0 Å². The fourth-order valence-electron chi connectivity index (χ4n) is 3.27. The van der Waals surface area contributed by atoms with Crippen LogP contribution in [0.5, 0.6) is 0 Å². The monoisotopic (exact) mass is 225 g/mol. The minimum Gasteiger partial charge on any atom is -0.325 e. The highest BCUT2D eigenvalue weighted by Crippen LogP contribution is 2.66. The van der Waals surface area contributed by atoms with Crippen molar-refractivity contribution in [3.8, 4) is 0 Å². The summed E-state index contributed by atoms with van der Waals surface area (Å²) >= 11 is 0. The molecule has 4 atom stereocenters. The van der Waals surface area contributed by atoms with E-state index in [9.17, 15) is 4.79 Å². The highest BCUT2D eigenvalue weighted by molar-refractivity contribution is 5.87. The summed E-state index contributed by atoms with van der Waals surface area (Å²) in [5.74, 6) is 1.21. The van der Waals surface area contributed by atoms with E-state index < -0.39 is 0 Å². The number of Topliss-reactive ketones (excluding diaryl/α,β-unsaturated/α-hetero) is 1. The summed E-state index contributed by atoms with van der Waals surface area (Å²) in [5, 5.41) is 0. The first kappa shape index (κ1) is 13.7. The van der Waals surface area contributed by atoms with E-state index in [2.05, 4.69) is 27.7 Å². The molecule has 1 aliphatic carbocycles. The SMILES string of the molecule is CCC1C(C(=O)C(C)C)C1(C)C(C)(N)CC. The van der Waals surface area contributed by atoms with Crippen LogP contribution in [0.4, 0.5) is 0 Å². The second-order valence-electron chi connectivity index (χ2n) is 6.10. The Kier molecular flexibility index (Phi) is 3.54. The van der Waals surface area contributed by atoms with E-state index in [1.54, 1.807) is 0 Å². The maximum absolute atomic E-state index is 12.2. The molecule has 2 nitrogen and oxygen atoms in total. The van der Waals surface area contributed by atoms with Crippen LogP contribution < -0.4 is 5.73 Å². The molecule has 2 heteroatoms. The maximum Gasteiger partial charge on any atom is 0.139 e. The number of carbonyl (C=O) groups excluding carboxylic acids is 1. The molecule has 0 radical (unpaired) electrons. The third-order valence-corrected chi connectivity index (χ3v) is 4.99. The van der Waals surface area contributed by atoms with E-state index in [4.69, 9.17) is 5.73 Å². The van der Waals surface area contributed by atoms with Crippen LogP contribution in [-0.2, 0) is 4.79 Å². The Morgan fingerprint density at radius 2 is 1.94 bits per heavy atom. The van der Waals surface area contributed by atoms with Crippen molar-refractivity contribution in [2.45, 2.75) is 59.9 Å². The molecule has 94 valence electrons. The van der Waals surface area contributed by atoms with Gasteiger partial charge in [0.1, 0.15) is 5.78 Å². The lowest BCUT2D eigenvalue weighted by molar-refractivity contribution is -0.124. The zero-order valence-corrected chi connectivity index (χ0v) is 11.6. The van der Waals surface area contributed by atoms with Crippen molar-refractivity contribution >= 4 is 5.78 Å². The van der Waals surface area contributed by atoms with Crippen LogP contribution in [0.25, 0.3) is 0 Å². The molecule has 0 spiro atoms. The molecule has 0 bridgehead atoms. The molecule has 16 heavy (non-hydrogen) atoms. The standard InChI is InChI=1S/C14H27NO/c1-7-10-11(12(16)9(3)4)14(10,6)13(5,15)8-2/h9-11H,7-8,15H2,1-6H3. The number of ketones is 1. The van der Waals surface area contributed by atoms with Gasteiger partial charge in [-0.2, -0.15) is 0 Å². The Hall–Kier alpha value is -0.370. The lowest BCUT2D eigenvalue weighted by atomic mass is 9.78. The van der Waals surface area contributed by atoms with Gasteiger partial charge < -0.3 is 5.73 Å².